The van der Waals surface area contributed by atoms with E-state index in [1.165, 1.54) is 19.3 Å². The number of piperidine rings is 1. The molecule has 1 N–H and O–H groups in total. The van der Waals surface area contributed by atoms with Crippen molar-refractivity contribution < 1.29 is 9.53 Å². The summed E-state index contributed by atoms with van der Waals surface area (Å²) in [5.74, 6) is 0.648. The van der Waals surface area contributed by atoms with Crippen LogP contribution in [0, 0.1) is 0 Å². The number of pyridine rings is 1. The Balaban J connectivity index is 1.68. The lowest BCUT2D eigenvalue weighted by Crippen LogP contribution is -2.29. The van der Waals surface area contributed by atoms with E-state index in [4.69, 9.17) is 4.74 Å². The molecule has 0 spiro atoms. The number of benzene rings is 1. The van der Waals surface area contributed by atoms with Gasteiger partial charge in [0.1, 0.15) is 5.75 Å². The average Bonchev–Trinajstić information content (AvgIpc) is 2.64. The van der Waals surface area contributed by atoms with Gasteiger partial charge in [0.05, 0.1) is 24.1 Å². The first-order chi connectivity index (χ1) is 11.8. The summed E-state index contributed by atoms with van der Waals surface area (Å²) in [6.45, 7) is 4.63. The molecule has 0 bridgehead atoms. The second kappa shape index (κ2) is 7.81. The van der Waals surface area contributed by atoms with Gasteiger partial charge in [-0.2, -0.15) is 0 Å². The average molecular weight is 325 g/mol. The molecule has 3 rings (SSSR count). The van der Waals surface area contributed by atoms with Gasteiger partial charge in [0.25, 0.3) is 5.91 Å². The van der Waals surface area contributed by atoms with Crippen molar-refractivity contribution in [3.63, 3.8) is 0 Å². The second-order valence-corrected chi connectivity index (χ2v) is 5.89. The monoisotopic (exact) mass is 325 g/mol. The summed E-state index contributed by atoms with van der Waals surface area (Å²) in [5.41, 5.74) is 2.34. The molecule has 24 heavy (non-hydrogen) atoms. The lowest BCUT2D eigenvalue weighted by Gasteiger charge is -2.28. The van der Waals surface area contributed by atoms with Crippen LogP contribution < -0.4 is 15.0 Å². The molecular formula is C19H23N3O2. The van der Waals surface area contributed by atoms with E-state index in [1.807, 2.05) is 43.5 Å². The fourth-order valence-electron chi connectivity index (χ4n) is 2.88. The van der Waals surface area contributed by atoms with Gasteiger partial charge in [0.2, 0.25) is 0 Å². The first-order valence-electron chi connectivity index (χ1n) is 8.50. The van der Waals surface area contributed by atoms with Crippen molar-refractivity contribution >= 4 is 17.3 Å². The van der Waals surface area contributed by atoms with E-state index in [0.717, 1.165) is 30.2 Å². The van der Waals surface area contributed by atoms with Crippen LogP contribution in [0.5, 0.6) is 5.75 Å². The molecule has 1 saturated heterocycles. The predicted octanol–water partition coefficient (Wildman–Crippen LogP) is 3.72. The van der Waals surface area contributed by atoms with Crippen LogP contribution in [0.3, 0.4) is 0 Å². The van der Waals surface area contributed by atoms with Crippen molar-refractivity contribution in [2.45, 2.75) is 26.2 Å². The Morgan fingerprint density at radius 2 is 1.92 bits per heavy atom. The largest absolute Gasteiger partial charge is 0.494 e. The van der Waals surface area contributed by atoms with Gasteiger partial charge in [0, 0.05) is 25.0 Å². The minimum atomic E-state index is -0.148. The highest BCUT2D eigenvalue weighted by Crippen LogP contribution is 2.21. The summed E-state index contributed by atoms with van der Waals surface area (Å²) < 4.78 is 5.41. The number of nitrogens with one attached hydrogen (secondary N) is 1. The molecule has 5 heteroatoms. The number of aromatic nitrogens is 1. The van der Waals surface area contributed by atoms with Crippen LogP contribution in [0.15, 0.2) is 42.7 Å². The highest BCUT2D eigenvalue weighted by atomic mass is 16.5. The van der Waals surface area contributed by atoms with Gasteiger partial charge in [-0.1, -0.05) is 0 Å². The van der Waals surface area contributed by atoms with Crippen molar-refractivity contribution in [2.75, 3.05) is 29.9 Å². The highest BCUT2D eigenvalue weighted by Gasteiger charge is 2.14. The number of carbonyl (C=O) groups excluding carboxylic acids is 1. The van der Waals surface area contributed by atoms with Gasteiger partial charge in [-0.3, -0.25) is 9.78 Å². The molecule has 0 aliphatic carbocycles. The number of carbonyl (C=O) groups is 1. The van der Waals surface area contributed by atoms with E-state index in [0.29, 0.717) is 12.2 Å². The molecule has 1 fully saturated rings. The molecule has 0 unspecified atom stereocenters. The van der Waals surface area contributed by atoms with Crippen LogP contribution >= 0.6 is 0 Å². The minimum absolute atomic E-state index is 0.148. The van der Waals surface area contributed by atoms with Crippen LogP contribution in [0.1, 0.15) is 36.5 Å². The van der Waals surface area contributed by atoms with E-state index in [1.54, 1.807) is 6.20 Å². The molecule has 0 atom stereocenters. The Morgan fingerprint density at radius 3 is 2.62 bits per heavy atom. The van der Waals surface area contributed by atoms with E-state index < -0.39 is 0 Å². The third-order valence-electron chi connectivity index (χ3n) is 4.13. The van der Waals surface area contributed by atoms with E-state index in [9.17, 15) is 4.79 Å². The maximum absolute atomic E-state index is 12.5. The maximum Gasteiger partial charge on any atom is 0.257 e. The quantitative estimate of drug-likeness (QED) is 0.910. The number of hydrogen-bond acceptors (Lipinski definition) is 4. The SMILES string of the molecule is CCOc1ccc(NC(=O)c2cncc(N3CCCCC3)c2)cc1. The fraction of sp³-hybridized carbons (Fsp3) is 0.368. The van der Waals surface area contributed by atoms with Crippen molar-refractivity contribution in [3.05, 3.63) is 48.3 Å². The first-order valence-corrected chi connectivity index (χ1v) is 8.50. The predicted molar refractivity (Wildman–Crippen MR) is 95.9 cm³/mol. The van der Waals surface area contributed by atoms with Gasteiger partial charge in [-0.05, 0) is 56.5 Å². The highest BCUT2D eigenvalue weighted by molar-refractivity contribution is 6.04. The number of amides is 1. The Bertz CT molecular complexity index is 679. The number of hydrogen-bond donors (Lipinski definition) is 1. The van der Waals surface area contributed by atoms with E-state index >= 15 is 0 Å². The fourth-order valence-corrected chi connectivity index (χ4v) is 2.88. The van der Waals surface area contributed by atoms with Crippen molar-refractivity contribution in [2.24, 2.45) is 0 Å². The zero-order valence-electron chi connectivity index (χ0n) is 14.0. The molecule has 1 amide bonds. The summed E-state index contributed by atoms with van der Waals surface area (Å²) >= 11 is 0. The van der Waals surface area contributed by atoms with Gasteiger partial charge in [0.15, 0.2) is 0 Å². The normalized spacial score (nSPS) is 14.3. The van der Waals surface area contributed by atoms with E-state index in [-0.39, 0.29) is 5.91 Å². The Morgan fingerprint density at radius 1 is 1.17 bits per heavy atom. The smallest absolute Gasteiger partial charge is 0.257 e. The molecule has 1 aliphatic heterocycles. The minimum Gasteiger partial charge on any atom is -0.494 e. The molecule has 2 heterocycles. The molecule has 0 saturated carbocycles. The van der Waals surface area contributed by atoms with Gasteiger partial charge in [-0.15, -0.1) is 0 Å². The standard InChI is InChI=1S/C19H23N3O2/c1-2-24-18-8-6-16(7-9-18)21-19(23)15-12-17(14-20-13-15)22-10-4-3-5-11-22/h6-9,12-14H,2-5,10-11H2,1H3,(H,21,23). The first kappa shape index (κ1) is 16.3. The van der Waals surface area contributed by atoms with Gasteiger partial charge in [-0.25, -0.2) is 0 Å². The molecule has 5 nitrogen and oxygen atoms in total. The Hall–Kier alpha value is -2.56. The van der Waals surface area contributed by atoms with Gasteiger partial charge >= 0.3 is 0 Å². The second-order valence-electron chi connectivity index (χ2n) is 5.89. The lowest BCUT2D eigenvalue weighted by atomic mass is 10.1. The van der Waals surface area contributed by atoms with Crippen molar-refractivity contribution in [1.82, 2.24) is 4.98 Å². The number of anilines is 2. The Kier molecular flexibility index (Phi) is 5.31. The third kappa shape index (κ3) is 4.04. The molecule has 0 radical (unpaired) electrons. The van der Waals surface area contributed by atoms with E-state index in [2.05, 4.69) is 15.2 Å². The molecule has 1 aromatic heterocycles. The molecule has 126 valence electrons. The van der Waals surface area contributed by atoms with Crippen LogP contribution in [0.4, 0.5) is 11.4 Å². The number of ether oxygens (including phenoxy) is 1. The zero-order chi connectivity index (χ0) is 16.8. The number of nitrogens with zero attached hydrogens (tertiary/aromatic N) is 2. The lowest BCUT2D eigenvalue weighted by molar-refractivity contribution is 0.102. The molecule has 1 aromatic carbocycles. The van der Waals surface area contributed by atoms with Crippen molar-refractivity contribution in [1.29, 1.82) is 0 Å². The number of rotatable bonds is 5. The van der Waals surface area contributed by atoms with Crippen molar-refractivity contribution in [3.8, 4) is 5.75 Å². The van der Waals surface area contributed by atoms with Gasteiger partial charge < -0.3 is 15.0 Å². The van der Waals surface area contributed by atoms with Crippen LogP contribution in [0.25, 0.3) is 0 Å². The molecular weight excluding hydrogens is 302 g/mol. The summed E-state index contributed by atoms with van der Waals surface area (Å²) in [5, 5.41) is 2.90. The summed E-state index contributed by atoms with van der Waals surface area (Å²) in [4.78, 5) is 19.0. The van der Waals surface area contributed by atoms with Crippen LogP contribution in [0.2, 0.25) is 0 Å². The van der Waals surface area contributed by atoms with Crippen LogP contribution in [-0.2, 0) is 0 Å². The Labute approximate surface area is 142 Å². The van der Waals surface area contributed by atoms with Crippen LogP contribution in [-0.4, -0.2) is 30.6 Å². The maximum atomic E-state index is 12.5. The summed E-state index contributed by atoms with van der Waals surface area (Å²) in [6, 6.07) is 9.29. The third-order valence-corrected chi connectivity index (χ3v) is 4.13. The zero-order valence-corrected chi connectivity index (χ0v) is 14.0. The molecule has 1 aliphatic rings. The molecule has 2 aromatic rings. The summed E-state index contributed by atoms with van der Waals surface area (Å²) in [6.07, 6.45) is 7.11. The topological polar surface area (TPSA) is 54.5 Å². The summed E-state index contributed by atoms with van der Waals surface area (Å²) in [7, 11) is 0.